The van der Waals surface area contributed by atoms with Gasteiger partial charge in [-0.05, 0) is 30.7 Å². The summed E-state index contributed by atoms with van der Waals surface area (Å²) in [6, 6.07) is 15.8. The van der Waals surface area contributed by atoms with Gasteiger partial charge in [0.15, 0.2) is 0 Å². The fraction of sp³-hybridized carbons (Fsp3) is 0.125. The summed E-state index contributed by atoms with van der Waals surface area (Å²) >= 11 is 0. The average Bonchev–Trinajstić information content (AvgIpc) is 2.76. The lowest BCUT2D eigenvalue weighted by Crippen LogP contribution is -2.02. The standard InChI is InChI=1S/C16H14N2O/c1-12-17-15-7-2-3-8-16(15)18(12)10-13-5-4-6-14(9-13)11-19/h2-9,11H,10H2,1H3. The van der Waals surface area contributed by atoms with Gasteiger partial charge in [-0.2, -0.15) is 0 Å². The third-order valence-electron chi connectivity index (χ3n) is 3.27. The van der Waals surface area contributed by atoms with Crippen molar-refractivity contribution < 1.29 is 4.79 Å². The number of aryl methyl sites for hydroxylation is 1. The molecule has 0 aliphatic rings. The van der Waals surface area contributed by atoms with Gasteiger partial charge in [-0.3, -0.25) is 4.79 Å². The molecule has 3 aromatic rings. The van der Waals surface area contributed by atoms with Crippen molar-refractivity contribution in [2.24, 2.45) is 0 Å². The molecule has 3 nitrogen and oxygen atoms in total. The molecule has 1 heterocycles. The molecule has 0 fully saturated rings. The first kappa shape index (κ1) is 11.7. The van der Waals surface area contributed by atoms with E-state index in [1.54, 1.807) is 0 Å². The highest BCUT2D eigenvalue weighted by Gasteiger charge is 2.07. The van der Waals surface area contributed by atoms with E-state index in [1.165, 1.54) is 0 Å². The summed E-state index contributed by atoms with van der Waals surface area (Å²) in [5.74, 6) is 0.984. The van der Waals surface area contributed by atoms with Gasteiger partial charge in [0.25, 0.3) is 0 Å². The molecular formula is C16H14N2O. The normalized spacial score (nSPS) is 10.8. The number of benzene rings is 2. The second-order valence-electron chi connectivity index (χ2n) is 4.60. The van der Waals surface area contributed by atoms with Crippen LogP contribution in [-0.2, 0) is 6.54 Å². The Morgan fingerprint density at radius 1 is 1.16 bits per heavy atom. The van der Waals surface area contributed by atoms with Crippen LogP contribution in [0.2, 0.25) is 0 Å². The highest BCUT2D eigenvalue weighted by molar-refractivity contribution is 5.76. The fourth-order valence-corrected chi connectivity index (χ4v) is 2.34. The maximum absolute atomic E-state index is 10.8. The van der Waals surface area contributed by atoms with Crippen LogP contribution in [0.15, 0.2) is 48.5 Å². The van der Waals surface area contributed by atoms with Crippen molar-refractivity contribution >= 4 is 17.3 Å². The van der Waals surface area contributed by atoms with Gasteiger partial charge < -0.3 is 4.57 Å². The van der Waals surface area contributed by atoms with Gasteiger partial charge in [0.2, 0.25) is 0 Å². The van der Waals surface area contributed by atoms with Crippen molar-refractivity contribution in [1.82, 2.24) is 9.55 Å². The van der Waals surface area contributed by atoms with Crippen molar-refractivity contribution in [2.45, 2.75) is 13.5 Å². The largest absolute Gasteiger partial charge is 0.324 e. The van der Waals surface area contributed by atoms with Crippen LogP contribution in [0.1, 0.15) is 21.7 Å². The van der Waals surface area contributed by atoms with Gasteiger partial charge in [-0.1, -0.05) is 30.3 Å². The van der Waals surface area contributed by atoms with E-state index in [9.17, 15) is 4.79 Å². The van der Waals surface area contributed by atoms with Crippen LogP contribution >= 0.6 is 0 Å². The molecule has 0 saturated carbocycles. The molecule has 0 N–H and O–H groups in total. The molecule has 1 aromatic heterocycles. The van der Waals surface area contributed by atoms with Crippen molar-refractivity contribution in [2.75, 3.05) is 0 Å². The zero-order valence-corrected chi connectivity index (χ0v) is 10.7. The number of aromatic nitrogens is 2. The molecule has 0 spiro atoms. The first-order valence-corrected chi connectivity index (χ1v) is 6.24. The fourth-order valence-electron chi connectivity index (χ4n) is 2.34. The molecule has 0 radical (unpaired) electrons. The van der Waals surface area contributed by atoms with Crippen LogP contribution in [-0.4, -0.2) is 15.8 Å². The summed E-state index contributed by atoms with van der Waals surface area (Å²) in [5.41, 5.74) is 3.94. The lowest BCUT2D eigenvalue weighted by Gasteiger charge is -2.07. The van der Waals surface area contributed by atoms with E-state index in [2.05, 4.69) is 15.6 Å². The van der Waals surface area contributed by atoms with Crippen LogP contribution in [0.3, 0.4) is 0 Å². The predicted octanol–water partition coefficient (Wildman–Crippen LogP) is 3.21. The molecule has 19 heavy (non-hydrogen) atoms. The average molecular weight is 250 g/mol. The number of rotatable bonds is 3. The predicted molar refractivity (Wildman–Crippen MR) is 75.4 cm³/mol. The minimum absolute atomic E-state index is 0.708. The zero-order chi connectivity index (χ0) is 13.2. The first-order valence-electron chi connectivity index (χ1n) is 6.24. The molecule has 0 aliphatic carbocycles. The lowest BCUT2D eigenvalue weighted by atomic mass is 10.1. The van der Waals surface area contributed by atoms with Gasteiger partial charge in [0.1, 0.15) is 12.1 Å². The Kier molecular flexibility index (Phi) is 2.88. The zero-order valence-electron chi connectivity index (χ0n) is 10.7. The van der Waals surface area contributed by atoms with Crippen LogP contribution in [0.5, 0.6) is 0 Å². The number of hydrogen-bond acceptors (Lipinski definition) is 2. The Hall–Kier alpha value is -2.42. The molecule has 0 aliphatic heterocycles. The summed E-state index contributed by atoms with van der Waals surface area (Å²) < 4.78 is 2.17. The minimum atomic E-state index is 0.708. The van der Waals surface area contributed by atoms with Gasteiger partial charge in [0, 0.05) is 12.1 Å². The summed E-state index contributed by atoms with van der Waals surface area (Å²) in [7, 11) is 0. The summed E-state index contributed by atoms with van der Waals surface area (Å²) in [4.78, 5) is 15.4. The van der Waals surface area contributed by atoms with Crippen molar-refractivity contribution in [3.63, 3.8) is 0 Å². The first-order chi connectivity index (χ1) is 9.28. The van der Waals surface area contributed by atoms with Crippen molar-refractivity contribution in [3.8, 4) is 0 Å². The molecule has 0 amide bonds. The van der Waals surface area contributed by atoms with Crippen LogP contribution in [0, 0.1) is 6.92 Å². The van der Waals surface area contributed by atoms with Crippen LogP contribution < -0.4 is 0 Å². The third-order valence-corrected chi connectivity index (χ3v) is 3.27. The van der Waals surface area contributed by atoms with Crippen LogP contribution in [0.4, 0.5) is 0 Å². The van der Waals surface area contributed by atoms with E-state index in [0.29, 0.717) is 5.56 Å². The smallest absolute Gasteiger partial charge is 0.150 e. The molecule has 2 aromatic carbocycles. The Bertz CT molecular complexity index is 743. The van der Waals surface area contributed by atoms with Crippen LogP contribution in [0.25, 0.3) is 11.0 Å². The summed E-state index contributed by atoms with van der Waals surface area (Å²) in [6.45, 7) is 2.73. The molecule has 0 bridgehead atoms. The molecule has 0 saturated heterocycles. The van der Waals surface area contributed by atoms with E-state index >= 15 is 0 Å². The molecule has 0 atom stereocenters. The number of carbonyl (C=O) groups excluding carboxylic acids is 1. The van der Waals surface area contributed by atoms with E-state index in [1.807, 2.05) is 49.4 Å². The van der Waals surface area contributed by atoms with E-state index in [4.69, 9.17) is 0 Å². The highest BCUT2D eigenvalue weighted by Crippen LogP contribution is 2.17. The number of nitrogens with zero attached hydrogens (tertiary/aromatic N) is 2. The molecular weight excluding hydrogens is 236 g/mol. The molecule has 3 rings (SSSR count). The number of fused-ring (bicyclic) bond motifs is 1. The SMILES string of the molecule is Cc1nc2ccccc2n1Cc1cccc(C=O)c1. The van der Waals surface area contributed by atoms with E-state index < -0.39 is 0 Å². The maximum atomic E-state index is 10.8. The monoisotopic (exact) mass is 250 g/mol. The summed E-state index contributed by atoms with van der Waals surface area (Å²) in [6.07, 6.45) is 0.877. The quantitative estimate of drug-likeness (QED) is 0.669. The van der Waals surface area contributed by atoms with Crippen molar-refractivity contribution in [3.05, 3.63) is 65.5 Å². The Labute approximate surface area is 111 Å². The number of aldehydes is 1. The maximum Gasteiger partial charge on any atom is 0.150 e. The van der Waals surface area contributed by atoms with Gasteiger partial charge in [-0.25, -0.2) is 4.98 Å². The molecule has 94 valence electrons. The number of para-hydroxylation sites is 2. The highest BCUT2D eigenvalue weighted by atomic mass is 16.1. The second-order valence-corrected chi connectivity index (χ2v) is 4.60. The Morgan fingerprint density at radius 2 is 2.00 bits per heavy atom. The number of imidazole rings is 1. The second kappa shape index (κ2) is 4.69. The topological polar surface area (TPSA) is 34.9 Å². The lowest BCUT2D eigenvalue weighted by molar-refractivity contribution is 0.112. The third kappa shape index (κ3) is 2.15. The van der Waals surface area contributed by atoms with Gasteiger partial charge in [0.05, 0.1) is 11.0 Å². The van der Waals surface area contributed by atoms with E-state index in [0.717, 1.165) is 35.3 Å². The van der Waals surface area contributed by atoms with E-state index in [-0.39, 0.29) is 0 Å². The minimum Gasteiger partial charge on any atom is -0.324 e. The molecule has 0 unspecified atom stereocenters. The number of hydrogen-bond donors (Lipinski definition) is 0. The van der Waals surface area contributed by atoms with Gasteiger partial charge >= 0.3 is 0 Å². The Balaban J connectivity index is 2.05. The summed E-state index contributed by atoms with van der Waals surface area (Å²) in [5, 5.41) is 0. The van der Waals surface area contributed by atoms with Gasteiger partial charge in [-0.15, -0.1) is 0 Å². The van der Waals surface area contributed by atoms with Crippen molar-refractivity contribution in [1.29, 1.82) is 0 Å². The molecule has 3 heteroatoms. The Morgan fingerprint density at radius 3 is 2.84 bits per heavy atom. The number of carbonyl (C=O) groups is 1.